The van der Waals surface area contributed by atoms with E-state index in [1.54, 1.807) is 22.2 Å². The standard InChI is InChI=1S/C24H30N8O3S2/c1-12-21(10-34-12)35-23(20(33)9-31(26)8-17(25)19-11-36-14(3)28-19)24-27-13(2)30-32(24)16-5-6-18-22(7-16)37-15(4)29-18/h5-8,11-12,20-21,23,33H,9-10,25-26H2,1-4H3/b17-8-/t12?,20-,21?,23?/m0/s1. The summed E-state index contributed by atoms with van der Waals surface area (Å²) in [5.74, 6) is 7.26. The zero-order valence-electron chi connectivity index (χ0n) is 21.0. The Kier molecular flexibility index (Phi) is 7.25. The van der Waals surface area contributed by atoms with Crippen LogP contribution in [0.5, 0.6) is 0 Å². The molecule has 5 N–H and O–H groups in total. The first kappa shape index (κ1) is 25.7. The predicted octanol–water partition coefficient (Wildman–Crippen LogP) is 2.60. The third-order valence-corrected chi connectivity index (χ3v) is 7.76. The molecule has 3 unspecified atom stereocenters. The first-order valence-corrected chi connectivity index (χ1v) is 13.5. The number of hydrazine groups is 1. The van der Waals surface area contributed by atoms with Crippen LogP contribution in [0.15, 0.2) is 29.8 Å². The molecule has 0 radical (unpaired) electrons. The maximum absolute atomic E-state index is 11.4. The minimum atomic E-state index is -1.05. The van der Waals surface area contributed by atoms with Crippen molar-refractivity contribution in [3.63, 3.8) is 0 Å². The Morgan fingerprint density at radius 2 is 2.11 bits per heavy atom. The number of aliphatic hydroxyl groups excluding tert-OH is 1. The van der Waals surface area contributed by atoms with Crippen molar-refractivity contribution in [1.29, 1.82) is 0 Å². The second-order valence-electron chi connectivity index (χ2n) is 9.05. The van der Waals surface area contributed by atoms with E-state index >= 15 is 0 Å². The third-order valence-electron chi connectivity index (χ3n) is 6.05. The molecule has 11 nitrogen and oxygen atoms in total. The first-order chi connectivity index (χ1) is 17.7. The summed E-state index contributed by atoms with van der Waals surface area (Å²) in [4.78, 5) is 13.6. The van der Waals surface area contributed by atoms with Gasteiger partial charge in [0.15, 0.2) is 5.82 Å². The van der Waals surface area contributed by atoms with Crippen molar-refractivity contribution < 1.29 is 14.6 Å². The summed E-state index contributed by atoms with van der Waals surface area (Å²) in [6, 6.07) is 5.91. The summed E-state index contributed by atoms with van der Waals surface area (Å²) in [5, 5.41) is 21.1. The van der Waals surface area contributed by atoms with Gasteiger partial charge in [0.25, 0.3) is 0 Å². The molecule has 5 rings (SSSR count). The molecule has 3 aromatic heterocycles. The number of hydrogen-bond donors (Lipinski definition) is 3. The summed E-state index contributed by atoms with van der Waals surface area (Å²) < 4.78 is 14.6. The number of rotatable bonds is 9. The average Bonchev–Trinajstić information content (AvgIpc) is 3.54. The van der Waals surface area contributed by atoms with Crippen molar-refractivity contribution in [2.24, 2.45) is 11.6 Å². The number of aryl methyl sites for hydroxylation is 3. The van der Waals surface area contributed by atoms with Gasteiger partial charge in [-0.2, -0.15) is 5.10 Å². The van der Waals surface area contributed by atoms with Gasteiger partial charge in [0, 0.05) is 11.6 Å². The van der Waals surface area contributed by atoms with Gasteiger partial charge in [-0.1, -0.05) is 0 Å². The van der Waals surface area contributed by atoms with Crippen LogP contribution in [-0.2, 0) is 9.47 Å². The summed E-state index contributed by atoms with van der Waals surface area (Å²) in [6.07, 6.45) is -0.600. The van der Waals surface area contributed by atoms with E-state index in [1.165, 1.54) is 16.3 Å². The van der Waals surface area contributed by atoms with Crippen molar-refractivity contribution in [2.75, 3.05) is 13.2 Å². The molecule has 1 saturated heterocycles. The fourth-order valence-corrected chi connectivity index (χ4v) is 5.58. The topological polar surface area (TPSA) is 150 Å². The van der Waals surface area contributed by atoms with Crippen LogP contribution in [0.2, 0.25) is 0 Å². The van der Waals surface area contributed by atoms with E-state index in [4.69, 9.17) is 21.1 Å². The van der Waals surface area contributed by atoms with Gasteiger partial charge in [0.2, 0.25) is 0 Å². The van der Waals surface area contributed by atoms with E-state index in [-0.39, 0.29) is 18.8 Å². The van der Waals surface area contributed by atoms with Crippen LogP contribution in [0.1, 0.15) is 40.4 Å². The Balaban J connectivity index is 1.44. The molecular formula is C24H30N8O3S2. The molecule has 0 aliphatic carbocycles. The van der Waals surface area contributed by atoms with E-state index < -0.39 is 12.2 Å². The number of aromatic nitrogens is 5. The molecule has 0 bridgehead atoms. The highest BCUT2D eigenvalue weighted by atomic mass is 32.1. The fraction of sp³-hybridized carbons (Fsp3) is 0.417. The molecule has 4 aromatic rings. The zero-order valence-corrected chi connectivity index (χ0v) is 22.7. The number of nitrogens with zero attached hydrogens (tertiary/aromatic N) is 6. The molecule has 1 aliphatic rings. The van der Waals surface area contributed by atoms with Crippen LogP contribution in [0.4, 0.5) is 0 Å². The second-order valence-corrected chi connectivity index (χ2v) is 11.3. The number of thiazole rings is 2. The first-order valence-electron chi connectivity index (χ1n) is 11.9. The molecule has 0 amide bonds. The number of aliphatic hydroxyl groups is 1. The number of ether oxygens (including phenoxy) is 2. The lowest BCUT2D eigenvalue weighted by molar-refractivity contribution is -0.217. The Hall–Kier alpha value is -2.94. The summed E-state index contributed by atoms with van der Waals surface area (Å²) in [5.41, 5.74) is 8.96. The molecule has 1 aromatic carbocycles. The number of fused-ring (bicyclic) bond motifs is 1. The zero-order chi connectivity index (χ0) is 26.3. The smallest absolute Gasteiger partial charge is 0.164 e. The van der Waals surface area contributed by atoms with Gasteiger partial charge in [-0.05, 0) is 45.9 Å². The summed E-state index contributed by atoms with van der Waals surface area (Å²) >= 11 is 3.11. The van der Waals surface area contributed by atoms with Gasteiger partial charge in [0.1, 0.15) is 24.1 Å². The highest BCUT2D eigenvalue weighted by molar-refractivity contribution is 7.18. The maximum atomic E-state index is 11.4. The lowest BCUT2D eigenvalue weighted by atomic mass is 10.1. The van der Waals surface area contributed by atoms with Crippen LogP contribution in [0, 0.1) is 20.8 Å². The van der Waals surface area contributed by atoms with E-state index in [9.17, 15) is 5.11 Å². The van der Waals surface area contributed by atoms with Crippen LogP contribution >= 0.6 is 22.7 Å². The maximum Gasteiger partial charge on any atom is 0.164 e. The molecule has 37 heavy (non-hydrogen) atoms. The molecule has 1 fully saturated rings. The van der Waals surface area contributed by atoms with Crippen LogP contribution in [-0.4, -0.2) is 66.3 Å². The number of hydrogen-bond acceptors (Lipinski definition) is 12. The van der Waals surface area contributed by atoms with Gasteiger partial charge in [0.05, 0.1) is 56.6 Å². The Labute approximate surface area is 222 Å². The van der Waals surface area contributed by atoms with Crippen molar-refractivity contribution in [1.82, 2.24) is 29.7 Å². The van der Waals surface area contributed by atoms with Crippen LogP contribution in [0.25, 0.3) is 21.6 Å². The molecule has 13 heteroatoms. The molecule has 196 valence electrons. The van der Waals surface area contributed by atoms with E-state index in [0.717, 1.165) is 25.9 Å². The van der Waals surface area contributed by atoms with Gasteiger partial charge < -0.3 is 25.3 Å². The lowest BCUT2D eigenvalue weighted by Gasteiger charge is -2.38. The average molecular weight is 543 g/mol. The van der Waals surface area contributed by atoms with Gasteiger partial charge >= 0.3 is 0 Å². The molecule has 0 saturated carbocycles. The van der Waals surface area contributed by atoms with E-state index in [0.29, 0.717) is 29.6 Å². The quantitative estimate of drug-likeness (QED) is 0.213. The summed E-state index contributed by atoms with van der Waals surface area (Å²) in [7, 11) is 0. The van der Waals surface area contributed by atoms with Crippen LogP contribution < -0.4 is 11.6 Å². The second kappa shape index (κ2) is 10.4. The molecule has 4 atom stereocenters. The SMILES string of the molecule is Cc1nc(C(OC2COC2C)[C@@H](O)CN(N)/C=C(\N)c2csc(C)n2)n(-c2ccc3nc(C)sc3c2)n1. The number of nitrogens with two attached hydrogens (primary N) is 2. The monoisotopic (exact) mass is 542 g/mol. The predicted molar refractivity (Wildman–Crippen MR) is 143 cm³/mol. The molecule has 4 heterocycles. The van der Waals surface area contributed by atoms with Gasteiger partial charge in [-0.25, -0.2) is 25.5 Å². The lowest BCUT2D eigenvalue weighted by Crippen LogP contribution is -2.48. The highest BCUT2D eigenvalue weighted by Gasteiger charge is 2.37. The van der Waals surface area contributed by atoms with Crippen molar-refractivity contribution in [3.05, 3.63) is 57.1 Å². The molecular weight excluding hydrogens is 512 g/mol. The van der Waals surface area contributed by atoms with Gasteiger partial charge in [-0.3, -0.25) is 0 Å². The highest BCUT2D eigenvalue weighted by Crippen LogP contribution is 2.31. The van der Waals surface area contributed by atoms with E-state index in [2.05, 4.69) is 20.1 Å². The summed E-state index contributed by atoms with van der Waals surface area (Å²) in [6.45, 7) is 8.10. The van der Waals surface area contributed by atoms with Crippen molar-refractivity contribution >= 4 is 38.6 Å². The molecule has 0 spiro atoms. The Bertz CT molecular complexity index is 1430. The normalized spacial score (nSPS) is 19.7. The van der Waals surface area contributed by atoms with Crippen molar-refractivity contribution in [3.8, 4) is 5.69 Å². The van der Waals surface area contributed by atoms with Crippen LogP contribution in [0.3, 0.4) is 0 Å². The number of benzene rings is 1. The third kappa shape index (κ3) is 5.51. The van der Waals surface area contributed by atoms with Crippen molar-refractivity contribution in [2.45, 2.75) is 52.1 Å². The minimum absolute atomic E-state index is 0.0371. The largest absolute Gasteiger partial charge is 0.396 e. The minimum Gasteiger partial charge on any atom is -0.396 e. The van der Waals surface area contributed by atoms with Gasteiger partial charge in [-0.15, -0.1) is 22.7 Å². The Morgan fingerprint density at radius 3 is 2.78 bits per heavy atom. The molecule has 1 aliphatic heterocycles. The van der Waals surface area contributed by atoms with E-state index in [1.807, 2.05) is 51.3 Å². The Morgan fingerprint density at radius 1 is 1.30 bits per heavy atom. The fourth-order valence-electron chi connectivity index (χ4n) is 4.10.